The second-order valence-corrected chi connectivity index (χ2v) is 7.25. The average molecular weight is 369 g/mol. The number of piperidine rings is 1. The highest BCUT2D eigenvalue weighted by atomic mass is 15.3. The summed E-state index contributed by atoms with van der Waals surface area (Å²) in [5, 5.41) is 11.3. The van der Waals surface area contributed by atoms with E-state index in [-0.39, 0.29) is 0 Å². The number of hydrogen-bond acceptors (Lipinski definition) is 3. The number of nitrogens with zero attached hydrogens (tertiary/aromatic N) is 4. The average Bonchev–Trinajstić information content (AvgIpc) is 3.08. The van der Waals surface area contributed by atoms with E-state index in [0.29, 0.717) is 6.04 Å². The zero-order chi connectivity index (χ0) is 18.9. The van der Waals surface area contributed by atoms with Crippen LogP contribution in [0.1, 0.15) is 30.9 Å². The maximum atomic E-state index is 4.74. The van der Waals surface area contributed by atoms with Crippen molar-refractivity contribution in [2.75, 3.05) is 26.2 Å². The number of aromatic nitrogens is 2. The Kier molecular flexibility index (Phi) is 7.27. The highest BCUT2D eigenvalue weighted by molar-refractivity contribution is 5.80. The lowest BCUT2D eigenvalue weighted by Gasteiger charge is -2.34. The van der Waals surface area contributed by atoms with Crippen LogP contribution < -0.4 is 10.6 Å². The summed E-state index contributed by atoms with van der Waals surface area (Å²) >= 11 is 0. The molecule has 0 spiro atoms. The van der Waals surface area contributed by atoms with Crippen LogP contribution in [-0.2, 0) is 13.1 Å². The quantitative estimate of drug-likeness (QED) is 0.582. The molecule has 0 radical (unpaired) electrons. The Labute approximate surface area is 162 Å². The molecule has 2 aromatic rings. The molecule has 2 heterocycles. The molecular weight excluding hydrogens is 336 g/mol. The van der Waals surface area contributed by atoms with E-state index in [0.717, 1.165) is 38.7 Å². The van der Waals surface area contributed by atoms with Gasteiger partial charge in [0.15, 0.2) is 5.96 Å². The first-order valence-electron chi connectivity index (χ1n) is 10.0. The van der Waals surface area contributed by atoms with Gasteiger partial charge in [-0.2, -0.15) is 5.10 Å². The highest BCUT2D eigenvalue weighted by Crippen LogP contribution is 2.13. The van der Waals surface area contributed by atoms with Crippen molar-refractivity contribution in [1.82, 2.24) is 25.3 Å². The molecule has 0 saturated carbocycles. The SMILES string of the molecule is CCNC(=NCCn1cc(C)cn1)NC1CCCN(Cc2ccccc2)C1. The third kappa shape index (κ3) is 6.40. The molecule has 27 heavy (non-hydrogen) atoms. The summed E-state index contributed by atoms with van der Waals surface area (Å²) in [6.45, 7) is 9.79. The Morgan fingerprint density at radius 2 is 2.15 bits per heavy atom. The van der Waals surface area contributed by atoms with E-state index in [1.54, 1.807) is 0 Å². The first-order chi connectivity index (χ1) is 13.2. The van der Waals surface area contributed by atoms with Gasteiger partial charge in [-0.15, -0.1) is 0 Å². The monoisotopic (exact) mass is 368 g/mol. The summed E-state index contributed by atoms with van der Waals surface area (Å²) in [7, 11) is 0. The number of guanidine groups is 1. The maximum absolute atomic E-state index is 4.74. The summed E-state index contributed by atoms with van der Waals surface area (Å²) < 4.78 is 1.95. The van der Waals surface area contributed by atoms with Crippen LogP contribution in [0.15, 0.2) is 47.7 Å². The molecule has 0 bridgehead atoms. The molecule has 1 saturated heterocycles. The van der Waals surface area contributed by atoms with E-state index in [9.17, 15) is 0 Å². The molecule has 146 valence electrons. The summed E-state index contributed by atoms with van der Waals surface area (Å²) in [5.74, 6) is 0.910. The van der Waals surface area contributed by atoms with Gasteiger partial charge in [-0.05, 0) is 44.4 Å². The van der Waals surface area contributed by atoms with E-state index in [4.69, 9.17) is 4.99 Å². The third-order valence-corrected chi connectivity index (χ3v) is 4.80. The molecule has 2 N–H and O–H groups in total. The van der Waals surface area contributed by atoms with E-state index in [1.165, 1.54) is 30.5 Å². The Morgan fingerprint density at radius 1 is 1.30 bits per heavy atom. The van der Waals surface area contributed by atoms with Crippen molar-refractivity contribution >= 4 is 5.96 Å². The minimum absolute atomic E-state index is 0.437. The van der Waals surface area contributed by atoms with E-state index in [1.807, 2.05) is 10.9 Å². The molecule has 1 unspecified atom stereocenters. The van der Waals surface area contributed by atoms with Gasteiger partial charge in [0.05, 0.1) is 19.3 Å². The lowest BCUT2D eigenvalue weighted by atomic mass is 10.0. The van der Waals surface area contributed by atoms with Crippen LogP contribution in [0, 0.1) is 6.92 Å². The highest BCUT2D eigenvalue weighted by Gasteiger charge is 2.20. The predicted octanol–water partition coefficient (Wildman–Crippen LogP) is 2.41. The predicted molar refractivity (Wildman–Crippen MR) is 111 cm³/mol. The zero-order valence-electron chi connectivity index (χ0n) is 16.6. The number of hydrogen-bond donors (Lipinski definition) is 2. The van der Waals surface area contributed by atoms with Gasteiger partial charge in [-0.1, -0.05) is 30.3 Å². The summed E-state index contributed by atoms with van der Waals surface area (Å²) in [4.78, 5) is 7.27. The Morgan fingerprint density at radius 3 is 2.89 bits per heavy atom. The topological polar surface area (TPSA) is 57.5 Å². The normalized spacial score (nSPS) is 18.4. The summed E-state index contributed by atoms with van der Waals surface area (Å²) in [6.07, 6.45) is 6.35. The van der Waals surface area contributed by atoms with Gasteiger partial charge >= 0.3 is 0 Å². The Hall–Kier alpha value is -2.34. The van der Waals surface area contributed by atoms with Crippen molar-refractivity contribution in [3.05, 3.63) is 53.9 Å². The molecule has 1 fully saturated rings. The van der Waals surface area contributed by atoms with Crippen molar-refractivity contribution in [2.24, 2.45) is 4.99 Å². The number of likely N-dealkylation sites (tertiary alicyclic amines) is 1. The molecule has 6 heteroatoms. The fourth-order valence-electron chi connectivity index (χ4n) is 3.53. The van der Waals surface area contributed by atoms with Gasteiger partial charge in [-0.25, -0.2) is 0 Å². The Balaban J connectivity index is 1.51. The fourth-order valence-corrected chi connectivity index (χ4v) is 3.53. The van der Waals surface area contributed by atoms with Gasteiger partial charge in [0, 0.05) is 31.9 Å². The van der Waals surface area contributed by atoms with Gasteiger partial charge in [-0.3, -0.25) is 14.6 Å². The number of aryl methyl sites for hydroxylation is 1. The van der Waals surface area contributed by atoms with Crippen molar-refractivity contribution in [2.45, 2.75) is 45.8 Å². The van der Waals surface area contributed by atoms with Gasteiger partial charge in [0.25, 0.3) is 0 Å². The molecule has 6 nitrogen and oxygen atoms in total. The van der Waals surface area contributed by atoms with Crippen LogP contribution in [0.2, 0.25) is 0 Å². The minimum atomic E-state index is 0.437. The first-order valence-corrected chi connectivity index (χ1v) is 10.0. The largest absolute Gasteiger partial charge is 0.357 e. The number of rotatable bonds is 7. The third-order valence-electron chi connectivity index (χ3n) is 4.80. The fraction of sp³-hybridized carbons (Fsp3) is 0.524. The second-order valence-electron chi connectivity index (χ2n) is 7.25. The van der Waals surface area contributed by atoms with Crippen LogP contribution in [-0.4, -0.2) is 52.9 Å². The van der Waals surface area contributed by atoms with Crippen molar-refractivity contribution in [3.63, 3.8) is 0 Å². The number of aliphatic imine (C=N–C) groups is 1. The van der Waals surface area contributed by atoms with Crippen LogP contribution >= 0.6 is 0 Å². The van der Waals surface area contributed by atoms with Crippen molar-refractivity contribution in [3.8, 4) is 0 Å². The molecule has 0 amide bonds. The molecule has 1 aliphatic rings. The number of nitrogens with one attached hydrogen (secondary N) is 2. The maximum Gasteiger partial charge on any atom is 0.191 e. The van der Waals surface area contributed by atoms with Gasteiger partial charge in [0.1, 0.15) is 0 Å². The van der Waals surface area contributed by atoms with E-state index < -0.39 is 0 Å². The minimum Gasteiger partial charge on any atom is -0.357 e. The van der Waals surface area contributed by atoms with Crippen LogP contribution in [0.3, 0.4) is 0 Å². The van der Waals surface area contributed by atoms with Crippen LogP contribution in [0.5, 0.6) is 0 Å². The van der Waals surface area contributed by atoms with Crippen molar-refractivity contribution in [1.29, 1.82) is 0 Å². The van der Waals surface area contributed by atoms with Gasteiger partial charge < -0.3 is 10.6 Å². The van der Waals surface area contributed by atoms with Crippen LogP contribution in [0.25, 0.3) is 0 Å². The number of benzene rings is 1. The second kappa shape index (κ2) is 10.1. The summed E-state index contributed by atoms with van der Waals surface area (Å²) in [5.41, 5.74) is 2.57. The van der Waals surface area contributed by atoms with Crippen molar-refractivity contribution < 1.29 is 0 Å². The van der Waals surface area contributed by atoms with E-state index in [2.05, 4.69) is 71.0 Å². The lowest BCUT2D eigenvalue weighted by Crippen LogP contribution is -2.51. The van der Waals surface area contributed by atoms with E-state index >= 15 is 0 Å². The van der Waals surface area contributed by atoms with Crippen LogP contribution in [0.4, 0.5) is 0 Å². The molecule has 1 aromatic carbocycles. The molecule has 1 aromatic heterocycles. The first kappa shape index (κ1) is 19.4. The molecule has 0 aliphatic carbocycles. The molecular formula is C21H32N6. The molecule has 3 rings (SSSR count). The zero-order valence-corrected chi connectivity index (χ0v) is 16.6. The summed E-state index contributed by atoms with van der Waals surface area (Å²) in [6, 6.07) is 11.2. The standard InChI is InChI=1S/C21H32N6/c1-3-22-21(23-11-13-27-15-18(2)14-24-27)25-20-10-7-12-26(17-20)16-19-8-5-4-6-9-19/h4-6,8-9,14-15,20H,3,7,10-13,16-17H2,1-2H3,(H2,22,23,25). The Bertz CT molecular complexity index is 708. The van der Waals surface area contributed by atoms with Gasteiger partial charge in [0.2, 0.25) is 0 Å². The lowest BCUT2D eigenvalue weighted by molar-refractivity contribution is 0.192. The molecule has 1 aliphatic heterocycles. The molecule has 1 atom stereocenters. The smallest absolute Gasteiger partial charge is 0.191 e.